The van der Waals surface area contributed by atoms with Gasteiger partial charge in [0, 0.05) is 14.0 Å². The van der Waals surface area contributed by atoms with E-state index in [4.69, 9.17) is 0 Å². The van der Waals surface area contributed by atoms with Gasteiger partial charge in [-0.2, -0.15) is 21.6 Å². The van der Waals surface area contributed by atoms with Crippen molar-refractivity contribution in [1.82, 2.24) is 0 Å². The maximum absolute atomic E-state index is 12.5. The fourth-order valence-corrected chi connectivity index (χ4v) is 4.11. The molecule has 3 nitrogen and oxygen atoms in total. The summed E-state index contributed by atoms with van der Waals surface area (Å²) in [7, 11) is -6.62. The molecule has 146 valence electrons. The van der Waals surface area contributed by atoms with Gasteiger partial charge in [0.15, 0.2) is 0 Å². The summed E-state index contributed by atoms with van der Waals surface area (Å²) in [6.45, 7) is 6.93. The molecule has 0 saturated heterocycles. The van der Waals surface area contributed by atoms with Crippen molar-refractivity contribution in [3.63, 3.8) is 0 Å². The van der Waals surface area contributed by atoms with Crippen molar-refractivity contribution in [3.8, 4) is 0 Å². The maximum Gasteiger partial charge on any atom is 0.534 e. The van der Waals surface area contributed by atoms with Crippen molar-refractivity contribution in [3.05, 3.63) is 24.0 Å². The van der Waals surface area contributed by atoms with Gasteiger partial charge >= 0.3 is 15.6 Å². The zero-order valence-corrected chi connectivity index (χ0v) is 17.0. The molecule has 0 radical (unpaired) electrons. The number of unbranched alkanes of at least 4 members (excludes halogenated alkanes) is 2. The molecule has 8 heteroatoms. The number of hydrogen-bond donors (Lipinski definition) is 0. The number of hydrogen-bond acceptors (Lipinski definition) is 3. The van der Waals surface area contributed by atoms with Gasteiger partial charge in [0.05, 0.1) is 0 Å². The number of halogens is 3. The number of allylic oxidation sites excluding steroid dienone is 4. The summed E-state index contributed by atoms with van der Waals surface area (Å²) < 4.78 is 64.2. The van der Waals surface area contributed by atoms with E-state index >= 15 is 0 Å². The Bertz CT molecular complexity index is 575. The Hall–Kier alpha value is -0.763. The molecule has 0 spiro atoms. The Morgan fingerprint density at radius 3 is 2.52 bits per heavy atom. The van der Waals surface area contributed by atoms with E-state index in [0.29, 0.717) is 19.3 Å². The highest BCUT2D eigenvalue weighted by Crippen LogP contribution is 2.35. The highest BCUT2D eigenvalue weighted by atomic mass is 32.2. The molecule has 1 rings (SSSR count). The molecule has 1 unspecified atom stereocenters. The lowest BCUT2D eigenvalue weighted by atomic mass is 9.89. The lowest BCUT2D eigenvalue weighted by Gasteiger charge is -2.24. The highest BCUT2D eigenvalue weighted by Gasteiger charge is 2.49. The molecule has 1 atom stereocenters. The summed E-state index contributed by atoms with van der Waals surface area (Å²) in [4.78, 5) is 0. The quantitative estimate of drug-likeness (QED) is 0.157. The van der Waals surface area contributed by atoms with Crippen molar-refractivity contribution in [2.75, 3.05) is 0 Å². The standard InChI is InChI=1S/C17H29F3O3SSi/c1-25(2,3)14-10-6-4-5-7-11-15-12-8-9-13-16(15)23-24(21,22)17(18,19)20/h6,10,13,15H,4-5,7-9,11-12,14H2,1-3H3/b10-6-. The number of alkyl halides is 3. The van der Waals surface area contributed by atoms with Crippen LogP contribution in [0.2, 0.25) is 25.7 Å². The van der Waals surface area contributed by atoms with Gasteiger partial charge in [-0.15, -0.1) is 0 Å². The van der Waals surface area contributed by atoms with Crippen molar-refractivity contribution in [2.24, 2.45) is 5.92 Å². The van der Waals surface area contributed by atoms with E-state index in [-0.39, 0.29) is 11.7 Å². The first kappa shape index (κ1) is 22.3. The van der Waals surface area contributed by atoms with E-state index in [1.54, 1.807) is 0 Å². The molecular formula is C17H29F3O3SSi. The average Bonchev–Trinajstić information content (AvgIpc) is 2.45. The Morgan fingerprint density at radius 2 is 1.92 bits per heavy atom. The molecule has 0 aromatic carbocycles. The third kappa shape index (κ3) is 8.44. The lowest BCUT2D eigenvalue weighted by Crippen LogP contribution is -2.27. The molecule has 0 saturated carbocycles. The molecule has 1 aliphatic carbocycles. The van der Waals surface area contributed by atoms with E-state index in [1.165, 1.54) is 6.08 Å². The van der Waals surface area contributed by atoms with Crippen LogP contribution in [0.25, 0.3) is 0 Å². The van der Waals surface area contributed by atoms with Crippen molar-refractivity contribution in [2.45, 2.75) is 76.1 Å². The summed E-state index contributed by atoms with van der Waals surface area (Å²) in [6.07, 6.45) is 11.3. The zero-order chi connectivity index (χ0) is 19.1. The van der Waals surface area contributed by atoms with Crippen molar-refractivity contribution in [1.29, 1.82) is 0 Å². The minimum absolute atomic E-state index is 0.0298. The van der Waals surface area contributed by atoms with E-state index in [0.717, 1.165) is 31.7 Å². The Balaban J connectivity index is 2.44. The van der Waals surface area contributed by atoms with E-state index in [1.807, 2.05) is 0 Å². The van der Waals surface area contributed by atoms with Crippen LogP contribution >= 0.6 is 0 Å². The van der Waals surface area contributed by atoms with Gasteiger partial charge in [-0.25, -0.2) is 0 Å². The first-order valence-corrected chi connectivity index (χ1v) is 13.9. The minimum Gasteiger partial charge on any atom is -0.381 e. The molecule has 0 bridgehead atoms. The normalized spacial score (nSPS) is 19.9. The molecule has 0 heterocycles. The Labute approximate surface area is 150 Å². The molecule has 0 aromatic heterocycles. The van der Waals surface area contributed by atoms with Gasteiger partial charge in [-0.1, -0.05) is 38.2 Å². The van der Waals surface area contributed by atoms with Gasteiger partial charge in [-0.05, 0) is 50.6 Å². The molecular weight excluding hydrogens is 369 g/mol. The van der Waals surface area contributed by atoms with Crippen LogP contribution in [0, 0.1) is 5.92 Å². The van der Waals surface area contributed by atoms with Crippen LogP contribution < -0.4 is 0 Å². The summed E-state index contributed by atoms with van der Waals surface area (Å²) in [5.74, 6) is -0.269. The average molecular weight is 399 g/mol. The van der Waals surface area contributed by atoms with Crippen LogP contribution in [0.1, 0.15) is 44.9 Å². The van der Waals surface area contributed by atoms with E-state index in [2.05, 4.69) is 36.0 Å². The Morgan fingerprint density at radius 1 is 1.24 bits per heavy atom. The van der Waals surface area contributed by atoms with Gasteiger partial charge in [-0.3, -0.25) is 0 Å². The first-order valence-electron chi connectivity index (χ1n) is 8.78. The zero-order valence-electron chi connectivity index (χ0n) is 15.2. The fraction of sp³-hybridized carbons (Fsp3) is 0.765. The minimum atomic E-state index is -5.56. The Kier molecular flexibility index (Phi) is 8.25. The lowest BCUT2D eigenvalue weighted by molar-refractivity contribution is -0.0528. The largest absolute Gasteiger partial charge is 0.534 e. The monoisotopic (exact) mass is 398 g/mol. The third-order valence-corrected chi connectivity index (χ3v) is 6.50. The first-order chi connectivity index (χ1) is 11.4. The van der Waals surface area contributed by atoms with Crippen molar-refractivity contribution < 1.29 is 25.8 Å². The molecule has 1 aliphatic rings. The summed E-state index contributed by atoms with van der Waals surface area (Å²) in [6, 6.07) is 1.14. The van der Waals surface area contributed by atoms with Crippen LogP contribution in [-0.4, -0.2) is 22.0 Å². The second-order valence-corrected chi connectivity index (χ2v) is 14.8. The second kappa shape index (κ2) is 9.25. The summed E-state index contributed by atoms with van der Waals surface area (Å²) in [5, 5.41) is 0. The molecule has 0 aliphatic heterocycles. The maximum atomic E-state index is 12.5. The highest BCUT2D eigenvalue weighted by molar-refractivity contribution is 7.87. The van der Waals surface area contributed by atoms with Gasteiger partial charge in [0.1, 0.15) is 5.76 Å². The summed E-state index contributed by atoms with van der Waals surface area (Å²) in [5.41, 5.74) is -5.38. The topological polar surface area (TPSA) is 43.4 Å². The predicted molar refractivity (Wildman–Crippen MR) is 97.2 cm³/mol. The molecule has 0 N–H and O–H groups in total. The van der Waals surface area contributed by atoms with Crippen LogP contribution in [0.4, 0.5) is 13.2 Å². The van der Waals surface area contributed by atoms with E-state index in [9.17, 15) is 21.6 Å². The molecule has 0 amide bonds. The molecule has 0 aromatic rings. The SMILES string of the molecule is C[Si](C)(C)C/C=C\CCCCC1CCCC=C1OS(=O)(=O)C(F)(F)F. The fourth-order valence-electron chi connectivity index (χ4n) is 2.69. The number of rotatable bonds is 9. The van der Waals surface area contributed by atoms with E-state index < -0.39 is 23.7 Å². The third-order valence-electron chi connectivity index (χ3n) is 4.06. The van der Waals surface area contributed by atoms with Crippen LogP contribution in [-0.2, 0) is 14.3 Å². The molecule has 25 heavy (non-hydrogen) atoms. The molecule has 0 fully saturated rings. The van der Waals surface area contributed by atoms with Gasteiger partial charge in [0.25, 0.3) is 0 Å². The van der Waals surface area contributed by atoms with Crippen LogP contribution in [0.5, 0.6) is 0 Å². The van der Waals surface area contributed by atoms with Gasteiger partial charge in [0.2, 0.25) is 0 Å². The summed E-state index contributed by atoms with van der Waals surface area (Å²) >= 11 is 0. The van der Waals surface area contributed by atoms with Crippen molar-refractivity contribution >= 4 is 18.2 Å². The predicted octanol–water partition coefficient (Wildman–Crippen LogP) is 5.99. The van der Waals surface area contributed by atoms with Gasteiger partial charge < -0.3 is 4.18 Å². The van der Waals surface area contributed by atoms with Crippen LogP contribution in [0.15, 0.2) is 24.0 Å². The van der Waals surface area contributed by atoms with Crippen LogP contribution in [0.3, 0.4) is 0 Å². The second-order valence-electron chi connectivity index (χ2n) is 7.74. The smallest absolute Gasteiger partial charge is 0.381 e.